The summed E-state index contributed by atoms with van der Waals surface area (Å²) in [6.07, 6.45) is 8.97. The van der Waals surface area contributed by atoms with E-state index in [2.05, 4.69) is 28.2 Å². The molecule has 0 radical (unpaired) electrons. The normalized spacial score (nSPS) is 25.9. The number of fused-ring (bicyclic) bond motifs is 1. The van der Waals surface area contributed by atoms with Crippen LogP contribution in [0.1, 0.15) is 47.1 Å². The Morgan fingerprint density at radius 3 is 3.06 bits per heavy atom. The van der Waals surface area contributed by atoms with Crippen molar-refractivity contribution in [2.24, 2.45) is 0 Å². The molecule has 17 heavy (non-hydrogen) atoms. The lowest BCUT2D eigenvalue weighted by atomic mass is 9.98. The Morgan fingerprint density at radius 1 is 1.18 bits per heavy atom. The zero-order valence-corrected chi connectivity index (χ0v) is 9.82. The average molecular weight is 224 g/mol. The number of aromatic amines is 1. The van der Waals surface area contributed by atoms with E-state index in [4.69, 9.17) is 0 Å². The fraction of sp³-hybridized carbons (Fsp3) is 0.400. The van der Waals surface area contributed by atoms with Crippen molar-refractivity contribution in [2.45, 2.75) is 37.5 Å². The van der Waals surface area contributed by atoms with E-state index in [1.165, 1.54) is 31.4 Å². The van der Waals surface area contributed by atoms with E-state index in [1.807, 2.05) is 6.20 Å². The fourth-order valence-electron chi connectivity index (χ4n) is 3.35. The van der Waals surface area contributed by atoms with Gasteiger partial charge in [-0.25, -0.2) is 4.98 Å². The lowest BCUT2D eigenvalue weighted by Crippen LogP contribution is -1.92. The molecule has 1 heterocycles. The molecule has 1 saturated carbocycles. The zero-order valence-electron chi connectivity index (χ0n) is 9.82. The number of aromatic nitrogens is 2. The Kier molecular flexibility index (Phi) is 1.92. The van der Waals surface area contributed by atoms with Gasteiger partial charge in [0.05, 0.1) is 6.33 Å². The molecule has 2 atom stereocenters. The first kappa shape index (κ1) is 9.46. The number of nitrogens with one attached hydrogen (secondary N) is 1. The molecule has 2 heteroatoms. The summed E-state index contributed by atoms with van der Waals surface area (Å²) in [6.45, 7) is 0. The molecule has 2 aliphatic rings. The molecule has 2 aliphatic carbocycles. The minimum absolute atomic E-state index is 0.685. The van der Waals surface area contributed by atoms with Crippen LogP contribution in [0.25, 0.3) is 0 Å². The summed E-state index contributed by atoms with van der Waals surface area (Å²) in [7, 11) is 0. The van der Waals surface area contributed by atoms with Crippen LogP contribution in [0, 0.1) is 0 Å². The van der Waals surface area contributed by atoms with E-state index in [1.54, 1.807) is 23.0 Å². The number of H-pyrrole nitrogens is 1. The fourth-order valence-corrected chi connectivity index (χ4v) is 3.35. The maximum Gasteiger partial charge on any atom is 0.0921 e. The molecule has 0 bridgehead atoms. The van der Waals surface area contributed by atoms with Crippen molar-refractivity contribution >= 4 is 0 Å². The number of hydrogen-bond donors (Lipinski definition) is 1. The predicted molar refractivity (Wildman–Crippen MR) is 67.2 cm³/mol. The van der Waals surface area contributed by atoms with Crippen molar-refractivity contribution in [1.82, 2.24) is 9.97 Å². The first-order valence-corrected chi connectivity index (χ1v) is 6.52. The van der Waals surface area contributed by atoms with Crippen LogP contribution in [0.4, 0.5) is 0 Å². The van der Waals surface area contributed by atoms with E-state index in [-0.39, 0.29) is 0 Å². The van der Waals surface area contributed by atoms with Gasteiger partial charge in [-0.2, -0.15) is 0 Å². The molecule has 4 rings (SSSR count). The van der Waals surface area contributed by atoms with E-state index in [0.717, 1.165) is 5.92 Å². The molecule has 1 N–H and O–H groups in total. The first-order chi connectivity index (χ1) is 8.43. The van der Waals surface area contributed by atoms with Crippen molar-refractivity contribution in [3.05, 3.63) is 53.1 Å². The van der Waals surface area contributed by atoms with Crippen LogP contribution in [0.5, 0.6) is 0 Å². The van der Waals surface area contributed by atoms with Gasteiger partial charge in [0, 0.05) is 17.8 Å². The second-order valence-electron chi connectivity index (χ2n) is 5.29. The average Bonchev–Trinajstić information content (AvgIpc) is 2.84. The largest absolute Gasteiger partial charge is 0.348 e. The van der Waals surface area contributed by atoms with Crippen LogP contribution in [-0.4, -0.2) is 9.97 Å². The molecule has 0 spiro atoms. The van der Waals surface area contributed by atoms with Gasteiger partial charge in [0.25, 0.3) is 0 Å². The topological polar surface area (TPSA) is 28.7 Å². The maximum atomic E-state index is 4.13. The van der Waals surface area contributed by atoms with Gasteiger partial charge in [0.1, 0.15) is 0 Å². The van der Waals surface area contributed by atoms with Gasteiger partial charge in [-0.05, 0) is 48.3 Å². The van der Waals surface area contributed by atoms with Crippen LogP contribution in [0.15, 0.2) is 30.7 Å². The third-order valence-electron chi connectivity index (χ3n) is 4.29. The summed E-state index contributed by atoms with van der Waals surface area (Å²) in [6, 6.07) is 6.88. The second kappa shape index (κ2) is 3.46. The second-order valence-corrected chi connectivity index (χ2v) is 5.29. The number of benzene rings is 1. The van der Waals surface area contributed by atoms with E-state index < -0.39 is 0 Å². The quantitative estimate of drug-likeness (QED) is 0.834. The van der Waals surface area contributed by atoms with Crippen LogP contribution < -0.4 is 0 Å². The molecule has 0 aliphatic heterocycles. The third kappa shape index (κ3) is 1.43. The Hall–Kier alpha value is -1.57. The van der Waals surface area contributed by atoms with Crippen molar-refractivity contribution in [3.63, 3.8) is 0 Å². The van der Waals surface area contributed by atoms with Crippen LogP contribution >= 0.6 is 0 Å². The Morgan fingerprint density at radius 2 is 2.18 bits per heavy atom. The Labute approximate surface area is 101 Å². The predicted octanol–water partition coefficient (Wildman–Crippen LogP) is 3.17. The summed E-state index contributed by atoms with van der Waals surface area (Å²) in [5, 5.41) is 0. The molecule has 1 aromatic carbocycles. The van der Waals surface area contributed by atoms with Gasteiger partial charge >= 0.3 is 0 Å². The van der Waals surface area contributed by atoms with Gasteiger partial charge in [-0.1, -0.05) is 18.2 Å². The summed E-state index contributed by atoms with van der Waals surface area (Å²) >= 11 is 0. The maximum absolute atomic E-state index is 4.13. The number of hydrogen-bond acceptors (Lipinski definition) is 1. The summed E-state index contributed by atoms with van der Waals surface area (Å²) < 4.78 is 0. The molecule has 0 amide bonds. The molecule has 1 aromatic heterocycles. The van der Waals surface area contributed by atoms with E-state index in [9.17, 15) is 0 Å². The molecule has 86 valence electrons. The van der Waals surface area contributed by atoms with Crippen molar-refractivity contribution in [3.8, 4) is 0 Å². The lowest BCUT2D eigenvalue weighted by Gasteiger charge is -2.07. The smallest absolute Gasteiger partial charge is 0.0921 e. The van der Waals surface area contributed by atoms with E-state index in [0.29, 0.717) is 5.92 Å². The molecular formula is C15H16N2. The molecular weight excluding hydrogens is 208 g/mol. The van der Waals surface area contributed by atoms with Crippen molar-refractivity contribution in [2.75, 3.05) is 0 Å². The van der Waals surface area contributed by atoms with E-state index >= 15 is 0 Å². The standard InChI is InChI=1S/C15H16N2/c1-3-10-4-2-6-12(11(10)5-1)13-7-14(13)15-8-16-9-17-15/h2,4,6,8-9,13-14H,1,3,5,7H2,(H,16,17). The zero-order chi connectivity index (χ0) is 11.2. The highest BCUT2D eigenvalue weighted by Gasteiger charge is 2.42. The minimum Gasteiger partial charge on any atom is -0.348 e. The van der Waals surface area contributed by atoms with Crippen LogP contribution in [0.3, 0.4) is 0 Å². The number of imidazole rings is 1. The third-order valence-corrected chi connectivity index (χ3v) is 4.29. The van der Waals surface area contributed by atoms with Gasteiger partial charge in [0.15, 0.2) is 0 Å². The molecule has 2 aromatic rings. The van der Waals surface area contributed by atoms with Gasteiger partial charge in [0.2, 0.25) is 0 Å². The first-order valence-electron chi connectivity index (χ1n) is 6.52. The monoisotopic (exact) mass is 224 g/mol. The van der Waals surface area contributed by atoms with Crippen molar-refractivity contribution in [1.29, 1.82) is 0 Å². The number of nitrogens with zero attached hydrogens (tertiary/aromatic N) is 1. The van der Waals surface area contributed by atoms with Gasteiger partial charge in [-0.15, -0.1) is 0 Å². The summed E-state index contributed by atoms with van der Waals surface area (Å²) in [5.41, 5.74) is 6.17. The van der Waals surface area contributed by atoms with Crippen LogP contribution in [-0.2, 0) is 12.8 Å². The molecule has 1 fully saturated rings. The molecule has 2 nitrogen and oxygen atoms in total. The highest BCUT2D eigenvalue weighted by atomic mass is 14.9. The SMILES string of the molecule is c1cc2c(c(C3CC3c3cnc[nH]3)c1)CCC2. The van der Waals surface area contributed by atoms with Crippen LogP contribution in [0.2, 0.25) is 0 Å². The number of rotatable bonds is 2. The minimum atomic E-state index is 0.685. The Balaban J connectivity index is 1.68. The lowest BCUT2D eigenvalue weighted by molar-refractivity contribution is 0.899. The Bertz CT molecular complexity index is 542. The molecule has 0 saturated heterocycles. The molecule has 2 unspecified atom stereocenters. The van der Waals surface area contributed by atoms with Crippen molar-refractivity contribution < 1.29 is 0 Å². The summed E-state index contributed by atoms with van der Waals surface area (Å²) in [4.78, 5) is 7.38. The van der Waals surface area contributed by atoms with Gasteiger partial charge in [-0.3, -0.25) is 0 Å². The van der Waals surface area contributed by atoms with Gasteiger partial charge < -0.3 is 4.98 Å². The number of aryl methyl sites for hydroxylation is 1. The highest BCUT2D eigenvalue weighted by molar-refractivity contribution is 5.44. The highest BCUT2D eigenvalue weighted by Crippen LogP contribution is 2.55. The summed E-state index contributed by atoms with van der Waals surface area (Å²) in [5.74, 6) is 1.42.